The van der Waals surface area contributed by atoms with Crippen molar-refractivity contribution in [3.05, 3.63) is 41.7 Å². The van der Waals surface area contributed by atoms with E-state index in [9.17, 15) is 12.8 Å². The lowest BCUT2D eigenvalue weighted by atomic mass is 9.55. The number of hydrogen-bond donors (Lipinski definition) is 2. The predicted octanol–water partition coefficient (Wildman–Crippen LogP) is 3.30. The molecule has 4 saturated carbocycles. The molecule has 0 saturated heterocycles. The number of rotatable bonds is 8. The molecule has 0 amide bonds. The van der Waals surface area contributed by atoms with Gasteiger partial charge in [-0.25, -0.2) is 17.5 Å². The van der Waals surface area contributed by atoms with E-state index in [-0.39, 0.29) is 29.4 Å². The van der Waals surface area contributed by atoms with Crippen LogP contribution in [0.2, 0.25) is 0 Å². The molecule has 5 rings (SSSR count). The van der Waals surface area contributed by atoms with Crippen LogP contribution in [0.5, 0.6) is 5.75 Å². The van der Waals surface area contributed by atoms with Gasteiger partial charge < -0.3 is 10.5 Å². The monoisotopic (exact) mass is 408 g/mol. The number of hydrogen-bond acceptors (Lipinski definition) is 4. The quantitative estimate of drug-likeness (QED) is 0.692. The molecule has 0 heterocycles. The van der Waals surface area contributed by atoms with E-state index in [2.05, 4.69) is 16.9 Å². The van der Waals surface area contributed by atoms with Crippen LogP contribution in [0.3, 0.4) is 0 Å². The summed E-state index contributed by atoms with van der Waals surface area (Å²) in [7, 11) is -3.15. The highest BCUT2D eigenvalue weighted by molar-refractivity contribution is 7.90. The summed E-state index contributed by atoms with van der Waals surface area (Å²) in [6.45, 7) is 0.297. The molecule has 0 atom stereocenters. The van der Waals surface area contributed by atoms with Gasteiger partial charge in [-0.05, 0) is 74.5 Å². The summed E-state index contributed by atoms with van der Waals surface area (Å²) >= 11 is 0. The van der Waals surface area contributed by atoms with Gasteiger partial charge in [0.25, 0.3) is 0 Å². The highest BCUT2D eigenvalue weighted by Crippen LogP contribution is 2.54. The van der Waals surface area contributed by atoms with Crippen LogP contribution in [-0.4, -0.2) is 32.4 Å². The highest BCUT2D eigenvalue weighted by Gasteiger charge is 2.52. The molecule has 5 nitrogen and oxygen atoms in total. The summed E-state index contributed by atoms with van der Waals surface area (Å²) < 4.78 is 46.1. The Morgan fingerprint density at radius 1 is 1.14 bits per heavy atom. The topological polar surface area (TPSA) is 81.4 Å². The number of halogens is 1. The number of fused-ring (bicyclic) bond motifs is 3. The van der Waals surface area contributed by atoms with E-state index in [0.29, 0.717) is 17.7 Å². The third kappa shape index (κ3) is 3.84. The molecule has 0 spiro atoms. The first-order chi connectivity index (χ1) is 13.4. The Kier molecular flexibility index (Phi) is 5.27. The molecule has 3 N–H and O–H groups in total. The first-order valence-corrected chi connectivity index (χ1v) is 11.7. The summed E-state index contributed by atoms with van der Waals surface area (Å²) in [5.74, 6) is 0.700. The van der Waals surface area contributed by atoms with Gasteiger partial charge in [-0.15, -0.1) is 0 Å². The first kappa shape index (κ1) is 19.9. The zero-order valence-corrected chi connectivity index (χ0v) is 16.9. The summed E-state index contributed by atoms with van der Waals surface area (Å²) in [5.41, 5.74) is 7.06. The molecular formula is C21H29FN2O3S. The van der Waals surface area contributed by atoms with Gasteiger partial charge in [0.2, 0.25) is 10.0 Å². The van der Waals surface area contributed by atoms with Crippen LogP contribution in [0.4, 0.5) is 4.39 Å². The molecule has 1 aromatic carbocycles. The van der Waals surface area contributed by atoms with E-state index in [1.54, 1.807) is 0 Å². The lowest BCUT2D eigenvalue weighted by molar-refractivity contribution is 0.0946. The molecule has 154 valence electrons. The van der Waals surface area contributed by atoms with Crippen LogP contribution in [0.15, 0.2) is 36.2 Å². The highest BCUT2D eigenvalue weighted by atomic mass is 32.2. The molecular weight excluding hydrogens is 379 g/mol. The van der Waals surface area contributed by atoms with E-state index in [4.69, 9.17) is 10.5 Å². The summed E-state index contributed by atoms with van der Waals surface area (Å²) in [6.07, 6.45) is 7.82. The fourth-order valence-corrected chi connectivity index (χ4v) is 6.58. The van der Waals surface area contributed by atoms with Crippen LogP contribution >= 0.6 is 0 Å². The number of nitrogens with two attached hydrogens (primary N) is 1. The molecule has 28 heavy (non-hydrogen) atoms. The van der Waals surface area contributed by atoms with Gasteiger partial charge in [0, 0.05) is 17.7 Å². The maximum absolute atomic E-state index is 12.6. The van der Waals surface area contributed by atoms with Crippen molar-refractivity contribution in [1.29, 1.82) is 0 Å². The third-order valence-corrected chi connectivity index (χ3v) is 8.94. The van der Waals surface area contributed by atoms with Crippen molar-refractivity contribution in [2.45, 2.75) is 67.6 Å². The number of ether oxygens (including phenoxy) is 1. The molecule has 2 bridgehead atoms. The Labute approximate surface area is 166 Å². The van der Waals surface area contributed by atoms with Gasteiger partial charge in [-0.1, -0.05) is 12.1 Å². The Morgan fingerprint density at radius 3 is 2.25 bits per heavy atom. The Morgan fingerprint density at radius 2 is 1.75 bits per heavy atom. The molecule has 0 aromatic heterocycles. The van der Waals surface area contributed by atoms with Crippen molar-refractivity contribution in [2.24, 2.45) is 5.73 Å². The minimum absolute atomic E-state index is 0.132. The molecule has 4 fully saturated rings. The number of nitrogens with one attached hydrogen (secondary N) is 1. The van der Waals surface area contributed by atoms with Crippen molar-refractivity contribution < 1.29 is 17.5 Å². The van der Waals surface area contributed by atoms with E-state index in [1.807, 2.05) is 12.1 Å². The minimum atomic E-state index is -3.15. The third-order valence-electron chi connectivity index (χ3n) is 6.88. The Balaban J connectivity index is 1.40. The van der Waals surface area contributed by atoms with E-state index in [0.717, 1.165) is 51.4 Å². The van der Waals surface area contributed by atoms with E-state index in [1.165, 1.54) is 5.56 Å². The summed E-state index contributed by atoms with van der Waals surface area (Å²) in [6, 6.07) is 8.07. The van der Waals surface area contributed by atoms with Gasteiger partial charge in [0.15, 0.2) is 0 Å². The van der Waals surface area contributed by atoms with Crippen molar-refractivity contribution in [2.75, 3.05) is 13.2 Å². The molecule has 4 aliphatic carbocycles. The molecule has 7 heteroatoms. The fourth-order valence-electron chi connectivity index (χ4n) is 4.75. The SMILES string of the molecule is NC/C(=C\F)COc1ccc(C23CCC(NS(=O)(=O)C4CC4)(CC2)CC3)cc1. The van der Waals surface area contributed by atoms with E-state index < -0.39 is 10.0 Å². The molecule has 0 aliphatic heterocycles. The maximum atomic E-state index is 12.6. The number of benzene rings is 1. The average molecular weight is 409 g/mol. The van der Waals surface area contributed by atoms with Crippen molar-refractivity contribution in [1.82, 2.24) is 4.72 Å². The summed E-state index contributed by atoms with van der Waals surface area (Å²) in [4.78, 5) is 0. The van der Waals surface area contributed by atoms with Crippen LogP contribution in [0.1, 0.15) is 56.9 Å². The fraction of sp³-hybridized carbons (Fsp3) is 0.619. The smallest absolute Gasteiger partial charge is 0.214 e. The summed E-state index contributed by atoms with van der Waals surface area (Å²) in [5, 5.41) is -0.157. The normalized spacial score (nSPS) is 30.4. The second-order valence-corrected chi connectivity index (χ2v) is 10.7. The molecule has 4 aliphatic rings. The predicted molar refractivity (Wildman–Crippen MR) is 107 cm³/mol. The van der Waals surface area contributed by atoms with Crippen LogP contribution in [0, 0.1) is 0 Å². The molecule has 1 aromatic rings. The number of sulfonamides is 1. The van der Waals surface area contributed by atoms with Gasteiger partial charge >= 0.3 is 0 Å². The zero-order valence-electron chi connectivity index (χ0n) is 16.1. The lowest BCUT2D eigenvalue weighted by Gasteiger charge is -2.53. The van der Waals surface area contributed by atoms with Crippen molar-refractivity contribution in [3.63, 3.8) is 0 Å². The first-order valence-electron chi connectivity index (χ1n) is 10.1. The standard InChI is InChI=1S/C21H29FN2O3S/c22-13-16(14-23)15-27-18-3-1-17(2-4-18)20-7-10-21(11-8-20,12-9-20)24-28(25,26)19-5-6-19/h1-4,13,19,24H,5-12,14-15,23H2/b16-13+. The Bertz CT molecular complexity index is 822. The average Bonchev–Trinajstić information content (AvgIpc) is 3.56. The van der Waals surface area contributed by atoms with Crippen LogP contribution < -0.4 is 15.2 Å². The second-order valence-electron chi connectivity index (χ2n) is 8.69. The van der Waals surface area contributed by atoms with Gasteiger partial charge in [0.1, 0.15) is 12.4 Å². The van der Waals surface area contributed by atoms with E-state index >= 15 is 0 Å². The minimum Gasteiger partial charge on any atom is -0.489 e. The van der Waals surface area contributed by atoms with Gasteiger partial charge in [-0.2, -0.15) is 0 Å². The maximum Gasteiger partial charge on any atom is 0.214 e. The van der Waals surface area contributed by atoms with Crippen LogP contribution in [0.25, 0.3) is 0 Å². The van der Waals surface area contributed by atoms with Crippen molar-refractivity contribution >= 4 is 10.0 Å². The largest absolute Gasteiger partial charge is 0.489 e. The Hall–Kier alpha value is -1.44. The van der Waals surface area contributed by atoms with Gasteiger partial charge in [-0.3, -0.25) is 0 Å². The van der Waals surface area contributed by atoms with Crippen LogP contribution in [-0.2, 0) is 15.4 Å². The lowest BCUT2D eigenvalue weighted by Crippen LogP contribution is -2.58. The second kappa shape index (κ2) is 7.43. The van der Waals surface area contributed by atoms with Crippen molar-refractivity contribution in [3.8, 4) is 5.75 Å². The molecule has 0 radical (unpaired) electrons. The van der Waals surface area contributed by atoms with Gasteiger partial charge in [0.05, 0.1) is 11.6 Å². The zero-order chi connectivity index (χ0) is 19.8. The molecule has 0 unspecified atom stereocenters.